The molecule has 1 unspecified atom stereocenters. The van der Waals surface area contributed by atoms with E-state index in [1.807, 2.05) is 30.3 Å². The molecule has 1 aliphatic heterocycles. The molecular weight excluding hydrogens is 358 g/mol. The van der Waals surface area contributed by atoms with Gasteiger partial charge in [-0.25, -0.2) is 4.68 Å². The molecule has 0 radical (unpaired) electrons. The van der Waals surface area contributed by atoms with E-state index in [2.05, 4.69) is 26.3 Å². The Morgan fingerprint density at radius 3 is 2.91 bits per heavy atom. The smallest absolute Gasteiger partial charge is 0.225 e. The molecular formula is C17H20BrN3O2. The van der Waals surface area contributed by atoms with Crippen molar-refractivity contribution in [3.05, 3.63) is 46.6 Å². The van der Waals surface area contributed by atoms with Gasteiger partial charge in [0.15, 0.2) is 0 Å². The molecule has 6 heteroatoms. The van der Waals surface area contributed by atoms with Crippen molar-refractivity contribution in [3.63, 3.8) is 0 Å². The highest BCUT2D eigenvalue weighted by Gasteiger charge is 2.17. The number of hydrogen-bond donors (Lipinski definition) is 1. The fraction of sp³-hybridized carbons (Fsp3) is 0.412. The van der Waals surface area contributed by atoms with Crippen molar-refractivity contribution in [1.82, 2.24) is 9.78 Å². The van der Waals surface area contributed by atoms with Gasteiger partial charge in [0.1, 0.15) is 5.82 Å². The van der Waals surface area contributed by atoms with Crippen molar-refractivity contribution < 1.29 is 9.53 Å². The monoisotopic (exact) mass is 377 g/mol. The van der Waals surface area contributed by atoms with Crippen LogP contribution in [-0.2, 0) is 16.1 Å². The summed E-state index contributed by atoms with van der Waals surface area (Å²) in [5.41, 5.74) is 1.13. The molecule has 5 nitrogen and oxygen atoms in total. The number of ether oxygens (including phenoxy) is 1. The Labute approximate surface area is 144 Å². The SMILES string of the molecule is O=C(CCC1CCCO1)Nc1ccnn1Cc1ccc(Br)cc1. The molecule has 0 spiro atoms. The maximum atomic E-state index is 12.1. The molecule has 3 rings (SSSR count). The third-order valence-corrected chi connectivity index (χ3v) is 4.48. The van der Waals surface area contributed by atoms with Crippen LogP contribution in [0.25, 0.3) is 0 Å². The summed E-state index contributed by atoms with van der Waals surface area (Å²) in [6, 6.07) is 9.89. The predicted molar refractivity (Wildman–Crippen MR) is 92.3 cm³/mol. The third kappa shape index (κ3) is 4.65. The van der Waals surface area contributed by atoms with E-state index < -0.39 is 0 Å². The Bertz CT molecular complexity index is 648. The van der Waals surface area contributed by atoms with Gasteiger partial charge in [0, 0.05) is 23.6 Å². The Morgan fingerprint density at radius 2 is 2.17 bits per heavy atom. The zero-order valence-corrected chi connectivity index (χ0v) is 14.5. The summed E-state index contributed by atoms with van der Waals surface area (Å²) in [5.74, 6) is 0.739. The number of aromatic nitrogens is 2. The van der Waals surface area contributed by atoms with Crippen LogP contribution in [0.15, 0.2) is 41.0 Å². The molecule has 1 amide bonds. The fourth-order valence-corrected chi connectivity index (χ4v) is 2.96. The normalized spacial score (nSPS) is 17.3. The van der Waals surface area contributed by atoms with Gasteiger partial charge in [0.25, 0.3) is 0 Å². The van der Waals surface area contributed by atoms with Crippen LogP contribution in [0.2, 0.25) is 0 Å². The molecule has 1 aromatic heterocycles. The molecule has 1 aromatic carbocycles. The second kappa shape index (κ2) is 7.75. The molecule has 1 fully saturated rings. The molecule has 1 aliphatic rings. The molecule has 122 valence electrons. The van der Waals surface area contributed by atoms with E-state index >= 15 is 0 Å². The van der Waals surface area contributed by atoms with Gasteiger partial charge in [0.2, 0.25) is 5.91 Å². The highest BCUT2D eigenvalue weighted by Crippen LogP contribution is 2.18. The Balaban J connectivity index is 1.55. The Morgan fingerprint density at radius 1 is 1.35 bits per heavy atom. The van der Waals surface area contributed by atoms with Crippen LogP contribution in [0.5, 0.6) is 0 Å². The first-order valence-electron chi connectivity index (χ1n) is 7.88. The van der Waals surface area contributed by atoms with Gasteiger partial charge in [-0.3, -0.25) is 4.79 Å². The minimum absolute atomic E-state index is 0.0121. The fourth-order valence-electron chi connectivity index (χ4n) is 2.70. The molecule has 2 heterocycles. The number of benzene rings is 1. The van der Waals surface area contributed by atoms with Gasteiger partial charge in [-0.1, -0.05) is 28.1 Å². The van der Waals surface area contributed by atoms with E-state index in [9.17, 15) is 4.79 Å². The van der Waals surface area contributed by atoms with E-state index in [1.165, 1.54) is 0 Å². The summed E-state index contributed by atoms with van der Waals surface area (Å²) < 4.78 is 8.39. The number of nitrogens with zero attached hydrogens (tertiary/aromatic N) is 2. The lowest BCUT2D eigenvalue weighted by Crippen LogP contribution is -2.18. The molecule has 0 bridgehead atoms. The molecule has 2 aromatic rings. The largest absolute Gasteiger partial charge is 0.378 e. The number of carbonyl (C=O) groups excluding carboxylic acids is 1. The minimum Gasteiger partial charge on any atom is -0.378 e. The maximum Gasteiger partial charge on any atom is 0.225 e. The molecule has 23 heavy (non-hydrogen) atoms. The number of nitrogens with one attached hydrogen (secondary N) is 1. The summed E-state index contributed by atoms with van der Waals surface area (Å²) in [5, 5.41) is 7.23. The zero-order valence-electron chi connectivity index (χ0n) is 12.9. The molecule has 1 saturated heterocycles. The van der Waals surface area contributed by atoms with Crippen LogP contribution in [0, 0.1) is 0 Å². The van der Waals surface area contributed by atoms with Crippen LogP contribution in [-0.4, -0.2) is 28.4 Å². The van der Waals surface area contributed by atoms with Crippen molar-refractivity contribution in [1.29, 1.82) is 0 Å². The summed E-state index contributed by atoms with van der Waals surface area (Å²) in [4.78, 5) is 12.1. The highest BCUT2D eigenvalue weighted by molar-refractivity contribution is 9.10. The van der Waals surface area contributed by atoms with Crippen LogP contribution < -0.4 is 5.32 Å². The minimum atomic E-state index is 0.0121. The first-order valence-corrected chi connectivity index (χ1v) is 8.68. The van der Waals surface area contributed by atoms with Crippen LogP contribution in [0.1, 0.15) is 31.2 Å². The molecule has 0 saturated carbocycles. The second-order valence-electron chi connectivity index (χ2n) is 5.72. The maximum absolute atomic E-state index is 12.1. The van der Waals surface area contributed by atoms with E-state index in [0.29, 0.717) is 13.0 Å². The number of halogens is 1. The lowest BCUT2D eigenvalue weighted by molar-refractivity contribution is -0.116. The van der Waals surface area contributed by atoms with Crippen molar-refractivity contribution in [2.75, 3.05) is 11.9 Å². The average molecular weight is 378 g/mol. The summed E-state index contributed by atoms with van der Waals surface area (Å²) in [6.45, 7) is 1.45. The lowest BCUT2D eigenvalue weighted by Gasteiger charge is -2.11. The predicted octanol–water partition coefficient (Wildman–Crippen LogP) is 3.59. The van der Waals surface area contributed by atoms with Gasteiger partial charge in [0.05, 0.1) is 18.8 Å². The van der Waals surface area contributed by atoms with Crippen molar-refractivity contribution in [2.24, 2.45) is 0 Å². The van der Waals surface area contributed by atoms with Crippen LogP contribution in [0.4, 0.5) is 5.82 Å². The number of amides is 1. The van der Waals surface area contributed by atoms with Gasteiger partial charge in [-0.2, -0.15) is 5.10 Å². The van der Waals surface area contributed by atoms with Crippen LogP contribution in [0.3, 0.4) is 0 Å². The Hall–Kier alpha value is -1.66. The molecule has 1 atom stereocenters. The van der Waals surface area contributed by atoms with E-state index in [4.69, 9.17) is 4.74 Å². The molecule has 0 aliphatic carbocycles. The summed E-state index contributed by atoms with van der Waals surface area (Å²) in [6.07, 6.45) is 5.38. The number of carbonyl (C=O) groups is 1. The zero-order chi connectivity index (χ0) is 16.1. The quantitative estimate of drug-likeness (QED) is 0.836. The first-order chi connectivity index (χ1) is 11.2. The standard InChI is InChI=1S/C17H20BrN3O2/c18-14-5-3-13(4-6-14)12-21-16(9-10-19-21)20-17(22)8-7-15-2-1-11-23-15/h3-6,9-10,15H,1-2,7-8,11-12H2,(H,20,22). The summed E-state index contributed by atoms with van der Waals surface area (Å²) >= 11 is 3.43. The number of anilines is 1. The summed E-state index contributed by atoms with van der Waals surface area (Å²) in [7, 11) is 0. The van der Waals surface area contributed by atoms with Crippen molar-refractivity contribution in [2.45, 2.75) is 38.3 Å². The molecule has 1 N–H and O–H groups in total. The van der Waals surface area contributed by atoms with Crippen LogP contribution >= 0.6 is 15.9 Å². The third-order valence-electron chi connectivity index (χ3n) is 3.95. The number of rotatable bonds is 6. The highest BCUT2D eigenvalue weighted by atomic mass is 79.9. The van der Waals surface area contributed by atoms with Gasteiger partial charge in [-0.05, 0) is 37.0 Å². The van der Waals surface area contributed by atoms with Crippen molar-refractivity contribution in [3.8, 4) is 0 Å². The van der Waals surface area contributed by atoms with E-state index in [-0.39, 0.29) is 12.0 Å². The average Bonchev–Trinajstić information content (AvgIpc) is 3.20. The van der Waals surface area contributed by atoms with Gasteiger partial charge >= 0.3 is 0 Å². The topological polar surface area (TPSA) is 56.1 Å². The second-order valence-corrected chi connectivity index (χ2v) is 6.64. The lowest BCUT2D eigenvalue weighted by atomic mass is 10.1. The number of hydrogen-bond acceptors (Lipinski definition) is 3. The van der Waals surface area contributed by atoms with Gasteiger partial charge < -0.3 is 10.1 Å². The Kier molecular flexibility index (Phi) is 5.46. The van der Waals surface area contributed by atoms with E-state index in [1.54, 1.807) is 10.9 Å². The van der Waals surface area contributed by atoms with Crippen molar-refractivity contribution >= 4 is 27.7 Å². The van der Waals surface area contributed by atoms with Gasteiger partial charge in [-0.15, -0.1) is 0 Å². The van der Waals surface area contributed by atoms with E-state index in [0.717, 1.165) is 41.7 Å². The first kappa shape index (κ1) is 16.2.